The number of halogens is 2. The summed E-state index contributed by atoms with van der Waals surface area (Å²) in [5.74, 6) is 1.90. The SMILES string of the molecule is CCCN=C(NCCc1ccco1)NC1CCN(c2ncccc2F)C1.I. The molecule has 3 rings (SSSR count). The van der Waals surface area contributed by atoms with E-state index in [9.17, 15) is 4.39 Å². The lowest BCUT2D eigenvalue weighted by atomic mass is 10.3. The molecule has 1 saturated heterocycles. The highest BCUT2D eigenvalue weighted by molar-refractivity contribution is 14.0. The van der Waals surface area contributed by atoms with Crippen molar-refractivity contribution in [3.05, 3.63) is 48.3 Å². The average Bonchev–Trinajstić information content (AvgIpc) is 3.32. The van der Waals surface area contributed by atoms with Crippen molar-refractivity contribution in [2.75, 3.05) is 31.1 Å². The molecule has 2 aromatic rings. The molecule has 3 heterocycles. The van der Waals surface area contributed by atoms with Gasteiger partial charge in [0.2, 0.25) is 0 Å². The number of nitrogens with zero attached hydrogens (tertiary/aromatic N) is 3. The van der Waals surface area contributed by atoms with Crippen molar-refractivity contribution in [2.45, 2.75) is 32.2 Å². The van der Waals surface area contributed by atoms with Gasteiger partial charge in [-0.1, -0.05) is 6.92 Å². The standard InChI is InChI=1S/C19H26FN5O.HI/c1-2-9-22-19(23-11-7-16-5-4-13-26-16)24-15-8-12-25(14-15)18-17(20)6-3-10-21-18;/h3-6,10,13,15H,2,7-9,11-12,14H2,1H3,(H2,22,23,24);1H. The Morgan fingerprint density at radius 2 is 2.30 bits per heavy atom. The second kappa shape index (κ2) is 11.1. The molecule has 1 unspecified atom stereocenters. The van der Waals surface area contributed by atoms with Crippen LogP contribution in [0.5, 0.6) is 0 Å². The first-order valence-corrected chi connectivity index (χ1v) is 9.19. The minimum Gasteiger partial charge on any atom is -0.469 e. The van der Waals surface area contributed by atoms with Crippen LogP contribution in [0.25, 0.3) is 0 Å². The number of guanidine groups is 1. The molecule has 1 atom stereocenters. The van der Waals surface area contributed by atoms with E-state index in [0.717, 1.165) is 50.6 Å². The van der Waals surface area contributed by atoms with Gasteiger partial charge in [0, 0.05) is 44.8 Å². The van der Waals surface area contributed by atoms with E-state index >= 15 is 0 Å². The molecular weight excluding hydrogens is 460 g/mol. The van der Waals surface area contributed by atoms with E-state index in [1.807, 2.05) is 17.0 Å². The fraction of sp³-hybridized carbons (Fsp3) is 0.474. The van der Waals surface area contributed by atoms with Crippen molar-refractivity contribution in [2.24, 2.45) is 4.99 Å². The van der Waals surface area contributed by atoms with Crippen LogP contribution in [0.3, 0.4) is 0 Å². The number of aliphatic imine (C=N–C) groups is 1. The molecule has 0 aliphatic carbocycles. The van der Waals surface area contributed by atoms with Gasteiger partial charge in [0.1, 0.15) is 5.76 Å². The fourth-order valence-corrected chi connectivity index (χ4v) is 3.01. The van der Waals surface area contributed by atoms with Gasteiger partial charge < -0.3 is 20.0 Å². The topological polar surface area (TPSA) is 65.7 Å². The third-order valence-electron chi connectivity index (χ3n) is 4.31. The monoisotopic (exact) mass is 487 g/mol. The second-order valence-electron chi connectivity index (χ2n) is 6.37. The maximum atomic E-state index is 13.9. The first-order valence-electron chi connectivity index (χ1n) is 9.19. The maximum Gasteiger partial charge on any atom is 0.191 e. The van der Waals surface area contributed by atoms with Gasteiger partial charge in [0.05, 0.1) is 6.26 Å². The molecule has 0 bridgehead atoms. The summed E-state index contributed by atoms with van der Waals surface area (Å²) in [4.78, 5) is 10.7. The number of rotatable bonds is 7. The number of aromatic nitrogens is 1. The van der Waals surface area contributed by atoms with Gasteiger partial charge in [-0.15, -0.1) is 24.0 Å². The molecule has 2 N–H and O–H groups in total. The van der Waals surface area contributed by atoms with Crippen molar-refractivity contribution in [3.63, 3.8) is 0 Å². The van der Waals surface area contributed by atoms with Crippen LogP contribution in [0, 0.1) is 5.82 Å². The predicted molar refractivity (Wildman–Crippen MR) is 116 cm³/mol. The van der Waals surface area contributed by atoms with Crippen molar-refractivity contribution in [1.82, 2.24) is 15.6 Å². The molecule has 27 heavy (non-hydrogen) atoms. The van der Waals surface area contributed by atoms with Gasteiger partial charge in [-0.2, -0.15) is 0 Å². The van der Waals surface area contributed by atoms with Crippen LogP contribution in [-0.4, -0.2) is 43.2 Å². The maximum absolute atomic E-state index is 13.9. The van der Waals surface area contributed by atoms with Gasteiger partial charge >= 0.3 is 0 Å². The number of nitrogens with one attached hydrogen (secondary N) is 2. The zero-order valence-electron chi connectivity index (χ0n) is 15.5. The third-order valence-corrected chi connectivity index (χ3v) is 4.31. The minimum atomic E-state index is -0.274. The lowest BCUT2D eigenvalue weighted by Gasteiger charge is -2.20. The highest BCUT2D eigenvalue weighted by Gasteiger charge is 2.25. The molecule has 1 aliphatic heterocycles. The highest BCUT2D eigenvalue weighted by Crippen LogP contribution is 2.20. The lowest BCUT2D eigenvalue weighted by Crippen LogP contribution is -2.45. The zero-order chi connectivity index (χ0) is 18.2. The molecule has 2 aromatic heterocycles. The van der Waals surface area contributed by atoms with E-state index in [-0.39, 0.29) is 35.8 Å². The van der Waals surface area contributed by atoms with Crippen molar-refractivity contribution >= 4 is 35.8 Å². The Bertz CT molecular complexity index is 710. The van der Waals surface area contributed by atoms with Crippen LogP contribution in [0.4, 0.5) is 10.2 Å². The van der Waals surface area contributed by atoms with Crippen molar-refractivity contribution in [3.8, 4) is 0 Å². The summed E-state index contributed by atoms with van der Waals surface area (Å²) < 4.78 is 19.3. The quantitative estimate of drug-likeness (QED) is 0.357. The summed E-state index contributed by atoms with van der Waals surface area (Å²) in [6.45, 7) is 5.10. The van der Waals surface area contributed by atoms with Crippen LogP contribution in [-0.2, 0) is 6.42 Å². The molecule has 8 heteroatoms. The summed E-state index contributed by atoms with van der Waals surface area (Å²) in [5, 5.41) is 6.82. The van der Waals surface area contributed by atoms with Crippen molar-refractivity contribution in [1.29, 1.82) is 0 Å². The lowest BCUT2D eigenvalue weighted by molar-refractivity contribution is 0.506. The van der Waals surface area contributed by atoms with Gasteiger partial charge in [0.25, 0.3) is 0 Å². The van der Waals surface area contributed by atoms with E-state index in [2.05, 4.69) is 27.5 Å². The molecular formula is C19H27FIN5O. The first kappa shape index (κ1) is 21.5. The Kier molecular flexibility index (Phi) is 8.83. The Morgan fingerprint density at radius 1 is 1.41 bits per heavy atom. The molecule has 0 aromatic carbocycles. The largest absolute Gasteiger partial charge is 0.469 e. The summed E-state index contributed by atoms with van der Waals surface area (Å²) in [6.07, 6.45) is 6.02. The van der Waals surface area contributed by atoms with E-state index in [4.69, 9.17) is 4.42 Å². The molecule has 0 spiro atoms. The van der Waals surface area contributed by atoms with Crippen LogP contribution in [0.15, 0.2) is 46.1 Å². The fourth-order valence-electron chi connectivity index (χ4n) is 3.01. The number of pyridine rings is 1. The van der Waals surface area contributed by atoms with Crippen LogP contribution in [0.2, 0.25) is 0 Å². The van der Waals surface area contributed by atoms with Gasteiger partial charge in [-0.05, 0) is 37.1 Å². The van der Waals surface area contributed by atoms with E-state index in [1.165, 1.54) is 6.07 Å². The van der Waals surface area contributed by atoms with E-state index in [1.54, 1.807) is 18.5 Å². The number of hydrogen-bond acceptors (Lipinski definition) is 4. The minimum absolute atomic E-state index is 0. The smallest absolute Gasteiger partial charge is 0.191 e. The number of hydrogen-bond donors (Lipinski definition) is 2. The highest BCUT2D eigenvalue weighted by atomic mass is 127. The van der Waals surface area contributed by atoms with Gasteiger partial charge in [-0.25, -0.2) is 9.37 Å². The van der Waals surface area contributed by atoms with Crippen LogP contribution < -0.4 is 15.5 Å². The molecule has 0 amide bonds. The Hall–Kier alpha value is -1.84. The summed E-state index contributed by atoms with van der Waals surface area (Å²) in [5.41, 5.74) is 0. The summed E-state index contributed by atoms with van der Waals surface area (Å²) >= 11 is 0. The van der Waals surface area contributed by atoms with Crippen LogP contribution in [0.1, 0.15) is 25.5 Å². The molecule has 1 aliphatic rings. The number of furan rings is 1. The molecule has 148 valence electrons. The predicted octanol–water partition coefficient (Wildman–Crippen LogP) is 3.20. The number of anilines is 1. The van der Waals surface area contributed by atoms with Gasteiger partial charge in [0.15, 0.2) is 17.6 Å². The molecule has 0 radical (unpaired) electrons. The van der Waals surface area contributed by atoms with E-state index in [0.29, 0.717) is 12.4 Å². The Balaban J connectivity index is 0.00000261. The Labute approximate surface area is 176 Å². The summed E-state index contributed by atoms with van der Waals surface area (Å²) in [7, 11) is 0. The second-order valence-corrected chi connectivity index (χ2v) is 6.37. The average molecular weight is 487 g/mol. The van der Waals surface area contributed by atoms with E-state index < -0.39 is 0 Å². The molecule has 0 saturated carbocycles. The first-order chi connectivity index (χ1) is 12.8. The zero-order valence-corrected chi connectivity index (χ0v) is 17.9. The Morgan fingerprint density at radius 3 is 3.04 bits per heavy atom. The van der Waals surface area contributed by atoms with Crippen molar-refractivity contribution < 1.29 is 8.81 Å². The molecule has 1 fully saturated rings. The normalized spacial score (nSPS) is 16.9. The van der Waals surface area contributed by atoms with Gasteiger partial charge in [-0.3, -0.25) is 4.99 Å². The summed E-state index contributed by atoms with van der Waals surface area (Å²) in [6, 6.07) is 7.14. The molecule has 6 nitrogen and oxygen atoms in total. The van der Waals surface area contributed by atoms with Crippen LogP contribution >= 0.6 is 24.0 Å². The third kappa shape index (κ3) is 6.37.